The van der Waals surface area contributed by atoms with Crippen molar-refractivity contribution in [2.45, 2.75) is 13.8 Å². The van der Waals surface area contributed by atoms with Gasteiger partial charge in [-0.1, -0.05) is 11.3 Å². The normalized spacial score (nSPS) is 10.4. The molecule has 94 valence electrons. The predicted octanol–water partition coefficient (Wildman–Crippen LogP) is 3.86. The van der Waals surface area contributed by atoms with Crippen molar-refractivity contribution >= 4 is 39.9 Å². The number of ether oxygens (including phenoxy) is 1. The van der Waals surface area contributed by atoms with Crippen molar-refractivity contribution in [2.75, 3.05) is 0 Å². The molecule has 2 rings (SSSR count). The van der Waals surface area contributed by atoms with Crippen LogP contribution in [0.3, 0.4) is 0 Å². The lowest BCUT2D eigenvalue weighted by Gasteiger charge is -2.05. The third-order valence-electron chi connectivity index (χ3n) is 2.38. The predicted molar refractivity (Wildman–Crippen MR) is 77.8 cm³/mol. The molecule has 4 nitrogen and oxygen atoms in total. The van der Waals surface area contributed by atoms with E-state index in [1.807, 2.05) is 13.8 Å². The molecule has 1 heterocycles. The second-order valence-corrected chi connectivity index (χ2v) is 6.00. The number of rotatable bonds is 3. The van der Waals surface area contributed by atoms with E-state index in [1.165, 1.54) is 17.4 Å². The van der Waals surface area contributed by atoms with Crippen molar-refractivity contribution in [2.24, 2.45) is 0 Å². The topological polar surface area (TPSA) is 59.4 Å². The Bertz CT molecular complexity index is 590. The number of aromatic carboxylic acids is 1. The highest BCUT2D eigenvalue weighted by Gasteiger charge is 2.11. The van der Waals surface area contributed by atoms with E-state index in [0.717, 1.165) is 14.1 Å². The summed E-state index contributed by atoms with van der Waals surface area (Å²) in [7, 11) is 0. The van der Waals surface area contributed by atoms with Gasteiger partial charge in [0.25, 0.3) is 5.19 Å². The lowest BCUT2D eigenvalue weighted by Crippen LogP contribution is -1.97. The minimum Gasteiger partial charge on any atom is -0.478 e. The fourth-order valence-corrected chi connectivity index (χ4v) is 2.51. The Hall–Kier alpha value is -1.15. The van der Waals surface area contributed by atoms with Gasteiger partial charge in [0.1, 0.15) is 5.75 Å². The minimum absolute atomic E-state index is 0.204. The van der Waals surface area contributed by atoms with Crippen LogP contribution in [-0.2, 0) is 0 Å². The Morgan fingerprint density at radius 2 is 2.17 bits per heavy atom. The second-order valence-electron chi connectivity index (χ2n) is 3.67. The van der Waals surface area contributed by atoms with E-state index in [0.29, 0.717) is 10.9 Å². The summed E-state index contributed by atoms with van der Waals surface area (Å²) in [5.41, 5.74) is 1.13. The summed E-state index contributed by atoms with van der Waals surface area (Å²) in [6.45, 7) is 3.88. The molecule has 0 bridgehead atoms. The Labute approximate surface area is 122 Å². The zero-order valence-corrected chi connectivity index (χ0v) is 12.7. The highest BCUT2D eigenvalue weighted by Crippen LogP contribution is 2.31. The second kappa shape index (κ2) is 5.23. The number of carboxylic acid groups (broad SMARTS) is 1. The van der Waals surface area contributed by atoms with Gasteiger partial charge < -0.3 is 9.84 Å². The fraction of sp³-hybridized carbons (Fsp3) is 0.167. The lowest BCUT2D eigenvalue weighted by atomic mass is 10.2. The molecule has 1 aromatic carbocycles. The number of benzene rings is 1. The molecule has 0 aliphatic rings. The molecule has 0 spiro atoms. The van der Waals surface area contributed by atoms with Crippen LogP contribution in [0.1, 0.15) is 20.9 Å². The van der Waals surface area contributed by atoms with Crippen LogP contribution in [0, 0.1) is 17.4 Å². The van der Waals surface area contributed by atoms with Crippen LogP contribution < -0.4 is 4.74 Å². The zero-order valence-electron chi connectivity index (χ0n) is 9.73. The lowest BCUT2D eigenvalue weighted by molar-refractivity contribution is 0.0696. The monoisotopic (exact) mass is 375 g/mol. The number of aromatic nitrogens is 1. The summed E-state index contributed by atoms with van der Waals surface area (Å²) in [6.07, 6.45) is 0. The first-order valence-corrected chi connectivity index (χ1v) is 7.01. The average Bonchev–Trinajstić information content (AvgIpc) is 2.61. The number of aryl methyl sites for hydroxylation is 2. The van der Waals surface area contributed by atoms with Gasteiger partial charge in [0, 0.05) is 4.88 Å². The van der Waals surface area contributed by atoms with E-state index in [2.05, 4.69) is 27.6 Å². The molecule has 0 saturated heterocycles. The molecular formula is C12H10INO3S. The van der Waals surface area contributed by atoms with E-state index >= 15 is 0 Å². The first-order chi connectivity index (χ1) is 8.47. The van der Waals surface area contributed by atoms with Crippen LogP contribution in [0.4, 0.5) is 0 Å². The fourth-order valence-electron chi connectivity index (χ4n) is 1.30. The van der Waals surface area contributed by atoms with E-state index in [1.54, 1.807) is 12.1 Å². The van der Waals surface area contributed by atoms with E-state index < -0.39 is 5.97 Å². The molecule has 18 heavy (non-hydrogen) atoms. The molecule has 0 aliphatic heterocycles. The maximum absolute atomic E-state index is 10.9. The number of thiazole rings is 1. The van der Waals surface area contributed by atoms with Crippen molar-refractivity contribution in [3.63, 3.8) is 0 Å². The summed E-state index contributed by atoms with van der Waals surface area (Å²) >= 11 is 3.55. The largest absolute Gasteiger partial charge is 0.478 e. The first-order valence-electron chi connectivity index (χ1n) is 5.12. The Morgan fingerprint density at radius 1 is 1.44 bits per heavy atom. The van der Waals surface area contributed by atoms with Crippen LogP contribution in [0.5, 0.6) is 10.9 Å². The Kier molecular flexibility index (Phi) is 3.86. The molecule has 0 fully saturated rings. The maximum Gasteiger partial charge on any atom is 0.335 e. The summed E-state index contributed by atoms with van der Waals surface area (Å²) in [4.78, 5) is 16.3. The Morgan fingerprint density at radius 3 is 2.72 bits per heavy atom. The van der Waals surface area contributed by atoms with Crippen molar-refractivity contribution in [1.82, 2.24) is 4.98 Å². The number of hydrogen-bond donors (Lipinski definition) is 1. The van der Waals surface area contributed by atoms with E-state index in [-0.39, 0.29) is 5.56 Å². The molecular weight excluding hydrogens is 365 g/mol. The molecule has 0 radical (unpaired) electrons. The highest BCUT2D eigenvalue weighted by molar-refractivity contribution is 14.1. The Balaban J connectivity index is 2.33. The molecule has 1 aromatic heterocycles. The van der Waals surface area contributed by atoms with Gasteiger partial charge in [0.15, 0.2) is 0 Å². The SMILES string of the molecule is Cc1nc(Oc2cc(C(=O)O)ccc2I)sc1C. The van der Waals surface area contributed by atoms with Gasteiger partial charge in [-0.2, -0.15) is 0 Å². The van der Waals surface area contributed by atoms with Crippen molar-refractivity contribution in [3.8, 4) is 10.9 Å². The molecule has 0 unspecified atom stereocenters. The zero-order chi connectivity index (χ0) is 13.3. The third kappa shape index (κ3) is 2.81. The van der Waals surface area contributed by atoms with Crippen molar-refractivity contribution in [3.05, 3.63) is 37.9 Å². The molecule has 0 saturated carbocycles. The summed E-state index contributed by atoms with van der Waals surface area (Å²) < 4.78 is 6.49. The highest BCUT2D eigenvalue weighted by atomic mass is 127. The molecule has 0 amide bonds. The van der Waals surface area contributed by atoms with Gasteiger partial charge in [0.05, 0.1) is 14.8 Å². The van der Waals surface area contributed by atoms with Crippen molar-refractivity contribution < 1.29 is 14.6 Å². The quantitative estimate of drug-likeness (QED) is 0.828. The summed E-state index contributed by atoms with van der Waals surface area (Å²) in [5.74, 6) is -0.452. The summed E-state index contributed by atoms with van der Waals surface area (Å²) in [6, 6.07) is 4.78. The third-order valence-corrected chi connectivity index (χ3v) is 4.23. The van der Waals surface area contributed by atoms with Gasteiger partial charge >= 0.3 is 5.97 Å². The molecule has 0 atom stereocenters. The minimum atomic E-state index is -0.970. The molecule has 1 N–H and O–H groups in total. The number of hydrogen-bond acceptors (Lipinski definition) is 4. The molecule has 2 aromatic rings. The van der Waals surface area contributed by atoms with Crippen LogP contribution in [-0.4, -0.2) is 16.1 Å². The smallest absolute Gasteiger partial charge is 0.335 e. The van der Waals surface area contributed by atoms with Crippen LogP contribution in [0.25, 0.3) is 0 Å². The van der Waals surface area contributed by atoms with Crippen molar-refractivity contribution in [1.29, 1.82) is 0 Å². The first kappa shape index (κ1) is 13.3. The van der Waals surface area contributed by atoms with Gasteiger partial charge in [-0.25, -0.2) is 9.78 Å². The van der Waals surface area contributed by atoms with E-state index in [9.17, 15) is 4.79 Å². The number of nitrogens with zero attached hydrogens (tertiary/aromatic N) is 1. The van der Waals surface area contributed by atoms with Crippen LogP contribution in [0.15, 0.2) is 18.2 Å². The average molecular weight is 375 g/mol. The molecule has 6 heteroatoms. The number of carbonyl (C=O) groups is 1. The van der Waals surface area contributed by atoms with Crippen LogP contribution >= 0.6 is 33.9 Å². The van der Waals surface area contributed by atoms with Gasteiger partial charge in [0.2, 0.25) is 0 Å². The van der Waals surface area contributed by atoms with Crippen LogP contribution in [0.2, 0.25) is 0 Å². The van der Waals surface area contributed by atoms with E-state index in [4.69, 9.17) is 9.84 Å². The number of halogens is 1. The van der Waals surface area contributed by atoms with Gasteiger partial charge in [-0.3, -0.25) is 0 Å². The van der Waals surface area contributed by atoms with Gasteiger partial charge in [-0.05, 0) is 54.6 Å². The van der Waals surface area contributed by atoms with Gasteiger partial charge in [-0.15, -0.1) is 0 Å². The standard InChI is InChI=1S/C12H10INO3S/c1-6-7(2)18-12(14-6)17-10-5-8(11(15)16)3-4-9(10)13/h3-5H,1-2H3,(H,15,16). The molecule has 0 aliphatic carbocycles. The summed E-state index contributed by atoms with van der Waals surface area (Å²) in [5, 5.41) is 9.48. The maximum atomic E-state index is 10.9. The number of carboxylic acids is 1.